The molecule has 1 atom stereocenters. The highest BCUT2D eigenvalue weighted by molar-refractivity contribution is 7.89. The van der Waals surface area contributed by atoms with E-state index in [2.05, 4.69) is 10.6 Å². The number of sulfonamides is 1. The molecule has 25 heavy (non-hydrogen) atoms. The standard InChI is InChI=1S/C18H23N3O3S/c1-12-5-4-6-13(2)18(12)20-11-17(22)21-14(3)15-7-9-16(10-8-15)25(19,23)24/h4-10,14,20H,11H2,1-3H3,(H,21,22)(H2,19,23,24). The second-order valence-electron chi connectivity index (χ2n) is 6.02. The van der Waals surface area contributed by atoms with Crippen LogP contribution in [0.4, 0.5) is 5.69 Å². The Morgan fingerprint density at radius 3 is 2.16 bits per heavy atom. The van der Waals surface area contributed by atoms with Crippen LogP contribution in [0.3, 0.4) is 0 Å². The smallest absolute Gasteiger partial charge is 0.239 e. The van der Waals surface area contributed by atoms with Crippen molar-refractivity contribution >= 4 is 21.6 Å². The van der Waals surface area contributed by atoms with Crippen molar-refractivity contribution in [1.82, 2.24) is 5.32 Å². The quantitative estimate of drug-likeness (QED) is 0.734. The first-order valence-corrected chi connectivity index (χ1v) is 9.45. The van der Waals surface area contributed by atoms with Gasteiger partial charge >= 0.3 is 0 Å². The van der Waals surface area contributed by atoms with Crippen LogP contribution in [-0.4, -0.2) is 20.9 Å². The number of benzene rings is 2. The Balaban J connectivity index is 1.96. The highest BCUT2D eigenvalue weighted by Gasteiger charge is 2.12. The van der Waals surface area contributed by atoms with Gasteiger partial charge in [0.25, 0.3) is 0 Å². The van der Waals surface area contributed by atoms with E-state index >= 15 is 0 Å². The number of para-hydroxylation sites is 1. The van der Waals surface area contributed by atoms with Gasteiger partial charge in [-0.2, -0.15) is 0 Å². The number of carbonyl (C=O) groups is 1. The maximum Gasteiger partial charge on any atom is 0.239 e. The zero-order valence-electron chi connectivity index (χ0n) is 14.5. The van der Waals surface area contributed by atoms with E-state index in [1.165, 1.54) is 12.1 Å². The molecule has 6 nitrogen and oxygen atoms in total. The van der Waals surface area contributed by atoms with Gasteiger partial charge in [0.2, 0.25) is 15.9 Å². The van der Waals surface area contributed by atoms with Crippen LogP contribution in [0.1, 0.15) is 29.7 Å². The third kappa shape index (κ3) is 5.04. The highest BCUT2D eigenvalue weighted by Crippen LogP contribution is 2.19. The van der Waals surface area contributed by atoms with Crippen LogP contribution in [0.2, 0.25) is 0 Å². The molecule has 134 valence electrons. The van der Waals surface area contributed by atoms with Gasteiger partial charge in [0, 0.05) is 5.69 Å². The van der Waals surface area contributed by atoms with Crippen LogP contribution < -0.4 is 15.8 Å². The average molecular weight is 361 g/mol. The molecule has 0 saturated carbocycles. The first-order valence-electron chi connectivity index (χ1n) is 7.90. The summed E-state index contributed by atoms with van der Waals surface area (Å²) in [6.07, 6.45) is 0. The van der Waals surface area contributed by atoms with Crippen LogP contribution in [0.25, 0.3) is 0 Å². The van der Waals surface area contributed by atoms with Crippen molar-refractivity contribution in [2.24, 2.45) is 5.14 Å². The van der Waals surface area contributed by atoms with E-state index in [0.717, 1.165) is 22.4 Å². The van der Waals surface area contributed by atoms with Crippen molar-refractivity contribution in [1.29, 1.82) is 0 Å². The van der Waals surface area contributed by atoms with E-state index in [1.807, 2.05) is 39.0 Å². The Labute approximate surface area is 148 Å². The lowest BCUT2D eigenvalue weighted by Gasteiger charge is -2.16. The monoisotopic (exact) mass is 361 g/mol. The van der Waals surface area contributed by atoms with Crippen molar-refractivity contribution in [2.45, 2.75) is 31.7 Å². The Hall–Kier alpha value is -2.38. The van der Waals surface area contributed by atoms with Crippen molar-refractivity contribution in [3.05, 3.63) is 59.2 Å². The van der Waals surface area contributed by atoms with E-state index in [-0.39, 0.29) is 23.4 Å². The van der Waals surface area contributed by atoms with Gasteiger partial charge in [0.15, 0.2) is 0 Å². The second kappa shape index (κ2) is 7.67. The van der Waals surface area contributed by atoms with E-state index in [0.29, 0.717) is 0 Å². The number of rotatable bonds is 6. The van der Waals surface area contributed by atoms with Crippen molar-refractivity contribution in [2.75, 3.05) is 11.9 Å². The van der Waals surface area contributed by atoms with Crippen LogP contribution in [0.15, 0.2) is 47.4 Å². The Morgan fingerprint density at radius 1 is 1.08 bits per heavy atom. The lowest BCUT2D eigenvalue weighted by Crippen LogP contribution is -2.32. The topological polar surface area (TPSA) is 101 Å². The maximum atomic E-state index is 12.2. The summed E-state index contributed by atoms with van der Waals surface area (Å²) < 4.78 is 22.5. The SMILES string of the molecule is Cc1cccc(C)c1NCC(=O)NC(C)c1ccc(S(N)(=O)=O)cc1. The lowest BCUT2D eigenvalue weighted by molar-refractivity contribution is -0.120. The van der Waals surface area contributed by atoms with Gasteiger partial charge in [-0.05, 0) is 49.6 Å². The summed E-state index contributed by atoms with van der Waals surface area (Å²) in [6.45, 7) is 5.97. The van der Waals surface area contributed by atoms with Crippen LogP contribution in [-0.2, 0) is 14.8 Å². The molecule has 0 aromatic heterocycles. The Kier molecular flexibility index (Phi) is 5.81. The fraction of sp³-hybridized carbons (Fsp3) is 0.278. The zero-order chi connectivity index (χ0) is 18.6. The third-order valence-electron chi connectivity index (χ3n) is 3.99. The maximum absolute atomic E-state index is 12.2. The summed E-state index contributed by atoms with van der Waals surface area (Å²) in [4.78, 5) is 12.2. The summed E-state index contributed by atoms with van der Waals surface area (Å²) in [6, 6.07) is 11.9. The summed E-state index contributed by atoms with van der Waals surface area (Å²) in [7, 11) is -3.71. The number of nitrogens with one attached hydrogen (secondary N) is 2. The molecule has 0 aliphatic carbocycles. The van der Waals surface area contributed by atoms with Crippen LogP contribution in [0.5, 0.6) is 0 Å². The highest BCUT2D eigenvalue weighted by atomic mass is 32.2. The molecule has 0 heterocycles. The van der Waals surface area contributed by atoms with Gasteiger partial charge in [-0.25, -0.2) is 13.6 Å². The predicted octanol–water partition coefficient (Wildman–Crippen LogP) is 2.24. The number of anilines is 1. The molecule has 7 heteroatoms. The largest absolute Gasteiger partial charge is 0.376 e. The van der Waals surface area contributed by atoms with E-state index in [1.54, 1.807) is 12.1 Å². The molecule has 0 fully saturated rings. The molecule has 0 radical (unpaired) electrons. The van der Waals surface area contributed by atoms with Crippen LogP contribution in [0, 0.1) is 13.8 Å². The van der Waals surface area contributed by atoms with Crippen molar-refractivity contribution in [3.8, 4) is 0 Å². The summed E-state index contributed by atoms with van der Waals surface area (Å²) in [5.74, 6) is -0.148. The first-order chi connectivity index (χ1) is 11.7. The molecule has 2 aromatic carbocycles. The average Bonchev–Trinajstić information content (AvgIpc) is 2.53. The molecule has 1 unspecified atom stereocenters. The summed E-state index contributed by atoms with van der Waals surface area (Å²) in [5, 5.41) is 11.1. The fourth-order valence-corrected chi connectivity index (χ4v) is 3.10. The van der Waals surface area contributed by atoms with Gasteiger partial charge in [-0.1, -0.05) is 30.3 Å². The number of nitrogens with two attached hydrogens (primary N) is 1. The lowest BCUT2D eigenvalue weighted by atomic mass is 10.1. The number of carbonyl (C=O) groups excluding carboxylic acids is 1. The molecule has 0 spiro atoms. The normalized spacial score (nSPS) is 12.5. The van der Waals surface area contributed by atoms with E-state index < -0.39 is 10.0 Å². The molecular weight excluding hydrogens is 338 g/mol. The first kappa shape index (κ1) is 19.0. The van der Waals surface area contributed by atoms with Gasteiger partial charge in [0.05, 0.1) is 17.5 Å². The number of hydrogen-bond acceptors (Lipinski definition) is 4. The van der Waals surface area contributed by atoms with Gasteiger partial charge in [-0.15, -0.1) is 0 Å². The molecule has 2 aromatic rings. The minimum Gasteiger partial charge on any atom is -0.376 e. The van der Waals surface area contributed by atoms with Gasteiger partial charge in [0.1, 0.15) is 0 Å². The number of hydrogen-bond donors (Lipinski definition) is 3. The fourth-order valence-electron chi connectivity index (χ4n) is 2.58. The molecule has 0 aliphatic heterocycles. The molecule has 1 amide bonds. The number of aryl methyl sites for hydroxylation is 2. The van der Waals surface area contributed by atoms with Crippen LogP contribution >= 0.6 is 0 Å². The van der Waals surface area contributed by atoms with E-state index in [9.17, 15) is 13.2 Å². The molecule has 0 aliphatic rings. The molecule has 4 N–H and O–H groups in total. The number of primary sulfonamides is 1. The Morgan fingerprint density at radius 2 is 1.64 bits per heavy atom. The second-order valence-corrected chi connectivity index (χ2v) is 7.59. The minimum atomic E-state index is -3.71. The Bertz CT molecular complexity index is 841. The summed E-state index contributed by atoms with van der Waals surface area (Å²) >= 11 is 0. The predicted molar refractivity (Wildman–Crippen MR) is 98.8 cm³/mol. The zero-order valence-corrected chi connectivity index (χ0v) is 15.4. The number of amides is 1. The molecule has 0 saturated heterocycles. The third-order valence-corrected chi connectivity index (χ3v) is 4.92. The van der Waals surface area contributed by atoms with Crippen molar-refractivity contribution in [3.63, 3.8) is 0 Å². The van der Waals surface area contributed by atoms with Gasteiger partial charge in [-0.3, -0.25) is 4.79 Å². The molecular formula is C18H23N3O3S. The molecule has 2 rings (SSSR count). The van der Waals surface area contributed by atoms with Gasteiger partial charge < -0.3 is 10.6 Å². The molecule has 0 bridgehead atoms. The summed E-state index contributed by atoms with van der Waals surface area (Å²) in [5.41, 5.74) is 3.93. The van der Waals surface area contributed by atoms with E-state index in [4.69, 9.17) is 5.14 Å². The minimum absolute atomic E-state index is 0.0477. The van der Waals surface area contributed by atoms with Crippen molar-refractivity contribution < 1.29 is 13.2 Å².